The number of piperidine rings is 1. The van der Waals surface area contributed by atoms with Gasteiger partial charge in [-0.3, -0.25) is 4.79 Å². The van der Waals surface area contributed by atoms with Crippen molar-refractivity contribution in [2.45, 2.75) is 57.2 Å². The molecule has 1 aliphatic heterocycles. The lowest BCUT2D eigenvalue weighted by Gasteiger charge is -2.36. The molecule has 3 aromatic rings. The molecule has 0 unspecified atom stereocenters. The number of imidazole rings is 1. The maximum atomic E-state index is 13.4. The van der Waals surface area contributed by atoms with Gasteiger partial charge in [-0.15, -0.1) is 0 Å². The third kappa shape index (κ3) is 5.16. The number of hydrogen-bond donors (Lipinski definition) is 2. The van der Waals surface area contributed by atoms with Crippen LogP contribution in [0, 0.1) is 11.7 Å². The number of hydrogen-bond acceptors (Lipinski definition) is 5. The van der Waals surface area contributed by atoms with E-state index >= 15 is 0 Å². The highest BCUT2D eigenvalue weighted by Crippen LogP contribution is 2.31. The molecule has 0 bridgehead atoms. The van der Waals surface area contributed by atoms with E-state index in [1.54, 1.807) is 6.07 Å². The Balaban J connectivity index is 1.12. The molecule has 2 aromatic heterocycles. The number of fused-ring (bicyclic) bond motifs is 1. The Morgan fingerprint density at radius 1 is 1.09 bits per heavy atom. The van der Waals surface area contributed by atoms with Crippen molar-refractivity contribution in [3.05, 3.63) is 42.3 Å². The number of carboxylic acids is 1. The molecule has 2 fully saturated rings. The second kappa shape index (κ2) is 9.47. The number of aromatic nitrogens is 3. The number of benzene rings is 1. The molecule has 0 spiro atoms. The number of carbonyl (C=O) groups is 1. The van der Waals surface area contributed by atoms with Crippen LogP contribution in [0.2, 0.25) is 0 Å². The highest BCUT2D eigenvalue weighted by molar-refractivity contribution is 5.79. The van der Waals surface area contributed by atoms with Gasteiger partial charge in [-0.05, 0) is 74.8 Å². The number of carboxylic acid groups (broad SMARTS) is 1. The summed E-state index contributed by atoms with van der Waals surface area (Å²) in [6, 6.07) is 8.52. The first kappa shape index (κ1) is 21.8. The van der Waals surface area contributed by atoms with E-state index in [2.05, 4.69) is 19.9 Å². The Hall–Kier alpha value is -3.00. The number of ether oxygens (including phenoxy) is 1. The number of halogens is 1. The van der Waals surface area contributed by atoms with Gasteiger partial charge in [-0.2, -0.15) is 0 Å². The maximum Gasteiger partial charge on any atom is 0.303 e. The Labute approximate surface area is 192 Å². The van der Waals surface area contributed by atoms with E-state index in [1.807, 2.05) is 18.3 Å². The molecule has 8 heteroatoms. The van der Waals surface area contributed by atoms with Gasteiger partial charge in [0.15, 0.2) is 0 Å². The molecular formula is C25H29FN4O3. The van der Waals surface area contributed by atoms with Crippen molar-refractivity contribution < 1.29 is 19.0 Å². The standard InChI is InChI=1S/C25H29FN4O3/c26-18-4-7-21-22(14-18)29-25(28-21)17-3-8-23(27-15-17)30-11-9-20(10-12-30)33-19-5-1-16(2-6-19)13-24(31)32/h3-4,7-8,14-16,19-20H,1-2,5-6,9-13H2,(H,28,29)(H,31,32)/t16-,19-. The average molecular weight is 453 g/mol. The molecule has 7 nitrogen and oxygen atoms in total. The SMILES string of the molecule is O=C(O)C[C@H]1CC[C@H](OC2CCN(c3ccc(-c4nc5ccc(F)cc5[nH]4)cn3)CC2)CC1. The van der Waals surface area contributed by atoms with Gasteiger partial charge in [-0.25, -0.2) is 14.4 Å². The molecule has 1 aliphatic carbocycles. The summed E-state index contributed by atoms with van der Waals surface area (Å²) in [5.41, 5.74) is 2.27. The summed E-state index contributed by atoms with van der Waals surface area (Å²) >= 11 is 0. The first-order valence-corrected chi connectivity index (χ1v) is 11.8. The number of aliphatic carboxylic acids is 1. The molecule has 174 valence electrons. The number of H-pyrrole nitrogens is 1. The number of aromatic amines is 1. The van der Waals surface area contributed by atoms with Crippen LogP contribution in [0.1, 0.15) is 44.9 Å². The average Bonchev–Trinajstić information content (AvgIpc) is 3.24. The van der Waals surface area contributed by atoms with E-state index in [4.69, 9.17) is 9.84 Å². The van der Waals surface area contributed by atoms with Crippen molar-refractivity contribution >= 4 is 22.8 Å². The van der Waals surface area contributed by atoms with Gasteiger partial charge in [0.05, 0.1) is 23.2 Å². The quantitative estimate of drug-likeness (QED) is 0.559. The Bertz CT molecular complexity index is 1100. The fraction of sp³-hybridized carbons (Fsp3) is 0.480. The number of nitrogens with one attached hydrogen (secondary N) is 1. The zero-order valence-electron chi connectivity index (χ0n) is 18.5. The lowest BCUT2D eigenvalue weighted by atomic mass is 9.85. The van der Waals surface area contributed by atoms with Crippen molar-refractivity contribution in [1.29, 1.82) is 0 Å². The van der Waals surface area contributed by atoms with E-state index in [1.165, 1.54) is 12.1 Å². The molecule has 0 atom stereocenters. The lowest BCUT2D eigenvalue weighted by Crippen LogP contribution is -2.39. The van der Waals surface area contributed by atoms with Crippen molar-refractivity contribution in [2.75, 3.05) is 18.0 Å². The van der Waals surface area contributed by atoms with Crippen LogP contribution in [0.3, 0.4) is 0 Å². The van der Waals surface area contributed by atoms with Crippen LogP contribution < -0.4 is 4.90 Å². The Morgan fingerprint density at radius 3 is 2.55 bits per heavy atom. The van der Waals surface area contributed by atoms with Crippen LogP contribution >= 0.6 is 0 Å². The molecular weight excluding hydrogens is 423 g/mol. The van der Waals surface area contributed by atoms with Crippen molar-refractivity contribution in [1.82, 2.24) is 15.0 Å². The number of pyridine rings is 1. The molecule has 33 heavy (non-hydrogen) atoms. The number of anilines is 1. The van der Waals surface area contributed by atoms with Gasteiger partial charge >= 0.3 is 5.97 Å². The highest BCUT2D eigenvalue weighted by atomic mass is 19.1. The van der Waals surface area contributed by atoms with E-state index < -0.39 is 5.97 Å². The van der Waals surface area contributed by atoms with Crippen LogP contribution in [-0.2, 0) is 9.53 Å². The van der Waals surface area contributed by atoms with Crippen LogP contribution in [0.4, 0.5) is 10.2 Å². The third-order valence-electron chi connectivity index (χ3n) is 6.87. The fourth-order valence-electron chi connectivity index (χ4n) is 5.04. The highest BCUT2D eigenvalue weighted by Gasteiger charge is 2.28. The normalized spacial score (nSPS) is 22.0. The number of nitrogens with zero attached hydrogens (tertiary/aromatic N) is 3. The van der Waals surface area contributed by atoms with Crippen LogP contribution in [0.5, 0.6) is 0 Å². The van der Waals surface area contributed by atoms with Gasteiger partial charge in [0.2, 0.25) is 0 Å². The fourth-order valence-corrected chi connectivity index (χ4v) is 5.04. The minimum Gasteiger partial charge on any atom is -0.481 e. The summed E-state index contributed by atoms with van der Waals surface area (Å²) in [7, 11) is 0. The van der Waals surface area contributed by atoms with Gasteiger partial charge < -0.3 is 19.7 Å². The van der Waals surface area contributed by atoms with Gasteiger partial charge in [0.25, 0.3) is 0 Å². The predicted molar refractivity (Wildman–Crippen MR) is 124 cm³/mol. The zero-order chi connectivity index (χ0) is 22.8. The van der Waals surface area contributed by atoms with E-state index in [0.29, 0.717) is 17.3 Å². The number of rotatable bonds is 6. The summed E-state index contributed by atoms with van der Waals surface area (Å²) in [5, 5.41) is 8.97. The Morgan fingerprint density at radius 2 is 1.85 bits per heavy atom. The van der Waals surface area contributed by atoms with E-state index in [0.717, 1.165) is 68.5 Å². The summed E-state index contributed by atoms with van der Waals surface area (Å²) in [4.78, 5) is 25.5. The predicted octanol–water partition coefficient (Wildman–Crippen LogP) is 4.78. The summed E-state index contributed by atoms with van der Waals surface area (Å²) in [6.07, 6.45) is 8.39. The molecule has 1 saturated carbocycles. The molecule has 1 aromatic carbocycles. The summed E-state index contributed by atoms with van der Waals surface area (Å²) in [5.74, 6) is 0.943. The topological polar surface area (TPSA) is 91.3 Å². The maximum absolute atomic E-state index is 13.4. The second-order valence-corrected chi connectivity index (χ2v) is 9.22. The van der Waals surface area contributed by atoms with E-state index in [9.17, 15) is 9.18 Å². The first-order chi connectivity index (χ1) is 16.0. The molecule has 3 heterocycles. The van der Waals surface area contributed by atoms with Crippen molar-refractivity contribution in [3.8, 4) is 11.4 Å². The first-order valence-electron chi connectivity index (χ1n) is 11.8. The molecule has 2 aliphatic rings. The lowest BCUT2D eigenvalue weighted by molar-refractivity contribution is -0.138. The van der Waals surface area contributed by atoms with Crippen molar-refractivity contribution in [3.63, 3.8) is 0 Å². The zero-order valence-corrected chi connectivity index (χ0v) is 18.5. The summed E-state index contributed by atoms with van der Waals surface area (Å²) < 4.78 is 19.8. The Kier molecular flexibility index (Phi) is 6.26. The second-order valence-electron chi connectivity index (χ2n) is 9.22. The van der Waals surface area contributed by atoms with Crippen molar-refractivity contribution in [2.24, 2.45) is 5.92 Å². The molecule has 1 saturated heterocycles. The van der Waals surface area contributed by atoms with Crippen LogP contribution in [0.15, 0.2) is 36.5 Å². The summed E-state index contributed by atoms with van der Waals surface area (Å²) in [6.45, 7) is 1.80. The van der Waals surface area contributed by atoms with Gasteiger partial charge in [-0.1, -0.05) is 0 Å². The minimum atomic E-state index is -0.693. The van der Waals surface area contributed by atoms with Crippen LogP contribution in [0.25, 0.3) is 22.4 Å². The monoisotopic (exact) mass is 452 g/mol. The van der Waals surface area contributed by atoms with E-state index in [-0.39, 0.29) is 24.4 Å². The smallest absolute Gasteiger partial charge is 0.303 e. The molecule has 0 radical (unpaired) electrons. The van der Waals surface area contributed by atoms with Crippen LogP contribution in [-0.4, -0.2) is 51.3 Å². The molecule has 0 amide bonds. The van der Waals surface area contributed by atoms with Gasteiger partial charge in [0.1, 0.15) is 17.5 Å². The van der Waals surface area contributed by atoms with Gasteiger partial charge in [0, 0.05) is 31.3 Å². The largest absolute Gasteiger partial charge is 0.481 e. The third-order valence-corrected chi connectivity index (χ3v) is 6.87. The minimum absolute atomic E-state index is 0.262. The molecule has 2 N–H and O–H groups in total. The molecule has 5 rings (SSSR count).